The van der Waals surface area contributed by atoms with Gasteiger partial charge < -0.3 is 22.5 Å². The Hall–Kier alpha value is -15.8. The summed E-state index contributed by atoms with van der Waals surface area (Å²) < 4.78 is 23.8. The van der Waals surface area contributed by atoms with E-state index in [0.29, 0.717) is 11.8 Å². The van der Waals surface area contributed by atoms with Crippen molar-refractivity contribution in [2.45, 2.75) is 0 Å². The smallest absolute Gasteiger partial charge is 0.236 e. The lowest BCUT2D eigenvalue weighted by atomic mass is 9.96. The number of furan rings is 2. The van der Waals surface area contributed by atoms with Crippen LogP contribution in [0.15, 0.2) is 385 Å². The Morgan fingerprint density at radius 1 is 0.207 bits per heavy atom. The minimum Gasteiger partial charge on any atom is -0.454 e. The highest BCUT2D eigenvalue weighted by molar-refractivity contribution is 6.31. The predicted molar refractivity (Wildman–Crippen MR) is 477 cm³/mol. The van der Waals surface area contributed by atoms with Crippen LogP contribution in [0, 0.1) is 0 Å². The third-order valence-electron chi connectivity index (χ3n) is 24.0. The lowest BCUT2D eigenvalue weighted by molar-refractivity contribution is 0.670. The van der Waals surface area contributed by atoms with Crippen LogP contribution in [0.3, 0.4) is 0 Å². The number of fused-ring (bicyclic) bond motifs is 24. The van der Waals surface area contributed by atoms with Gasteiger partial charge in [-0.2, -0.15) is 0 Å². The van der Waals surface area contributed by atoms with Crippen molar-refractivity contribution in [3.05, 3.63) is 376 Å². The summed E-state index contributed by atoms with van der Waals surface area (Å²) >= 11 is 0. The normalized spacial score (nSPS) is 12.1. The molecule has 0 bridgehead atoms. The third-order valence-corrected chi connectivity index (χ3v) is 24.0. The summed E-state index contributed by atoms with van der Waals surface area (Å²) in [4.78, 5) is 22.5. The minimum absolute atomic E-state index is 0.536. The van der Waals surface area contributed by atoms with Crippen LogP contribution in [0.25, 0.3) is 243 Å². The highest BCUT2D eigenvalue weighted by Crippen LogP contribution is 2.50. The van der Waals surface area contributed by atoms with E-state index in [9.17, 15) is 0 Å². The lowest BCUT2D eigenvalue weighted by Gasteiger charge is -2.14. The molecule has 0 N–H and O–H groups in total. The molecular weight excluding hydrogens is 1420 g/mol. The van der Waals surface area contributed by atoms with Crippen LogP contribution in [0.5, 0.6) is 0 Å². The Morgan fingerprint density at radius 2 is 0.638 bits per heavy atom. The van der Waals surface area contributed by atoms with Crippen molar-refractivity contribution in [1.82, 2.24) is 38.2 Å². The van der Waals surface area contributed by atoms with Crippen molar-refractivity contribution < 1.29 is 8.83 Å². The number of hydrogen-bond donors (Lipinski definition) is 0. The lowest BCUT2D eigenvalue weighted by Crippen LogP contribution is -2.05. The first-order valence-corrected chi connectivity index (χ1v) is 39.3. The molecule has 25 aromatic rings. The molecule has 0 saturated carbocycles. The third kappa shape index (κ3) is 9.46. The molecule has 0 aliphatic heterocycles. The van der Waals surface area contributed by atoms with Gasteiger partial charge in [0.25, 0.3) is 0 Å². The Kier molecular flexibility index (Phi) is 13.7. The van der Waals surface area contributed by atoms with E-state index in [1.165, 1.54) is 0 Å². The van der Waals surface area contributed by atoms with Gasteiger partial charge in [-0.25, -0.2) is 19.9 Å². The monoisotopic (exact) mass is 1480 g/mol. The average Bonchev–Trinajstić information content (AvgIpc) is 1.53. The van der Waals surface area contributed by atoms with E-state index in [4.69, 9.17) is 28.8 Å². The predicted octanol–water partition coefficient (Wildman–Crippen LogP) is 27.8. The molecule has 0 fully saturated rings. The molecule has 0 spiro atoms. The summed E-state index contributed by atoms with van der Waals surface area (Å²) in [5.41, 5.74) is 27.4. The summed E-state index contributed by atoms with van der Waals surface area (Å²) in [6.45, 7) is 0. The molecule has 8 heterocycles. The number of aromatic nitrogens is 8. The maximum atomic E-state index is 7.11. The summed E-state index contributed by atoms with van der Waals surface area (Å²) in [5.74, 6) is 1.16. The number of hydrogen-bond acceptors (Lipinski definition) is 6. The Labute approximate surface area is 662 Å². The van der Waals surface area contributed by atoms with Crippen LogP contribution in [-0.4, -0.2) is 38.2 Å². The van der Waals surface area contributed by atoms with Gasteiger partial charge in [-0.05, 0) is 137 Å². The van der Waals surface area contributed by atoms with E-state index < -0.39 is 0 Å². The summed E-state index contributed by atoms with van der Waals surface area (Å²) in [6.07, 6.45) is 0. The molecule has 10 nitrogen and oxygen atoms in total. The number of benzene rings is 17. The van der Waals surface area contributed by atoms with Crippen LogP contribution in [0.2, 0.25) is 0 Å². The molecule has 0 aliphatic carbocycles. The summed E-state index contributed by atoms with van der Waals surface area (Å²) in [5, 5.41) is 14.9. The maximum absolute atomic E-state index is 7.11. The molecule has 0 atom stereocenters. The molecular formula is C106H62N8O2. The van der Waals surface area contributed by atoms with E-state index in [0.717, 1.165) is 231 Å². The first kappa shape index (κ1) is 63.9. The fourth-order valence-corrected chi connectivity index (χ4v) is 18.8. The number of rotatable bonds is 10. The van der Waals surface area contributed by atoms with E-state index >= 15 is 0 Å². The first-order valence-electron chi connectivity index (χ1n) is 39.3. The van der Waals surface area contributed by atoms with Crippen molar-refractivity contribution >= 4 is 153 Å². The quantitative estimate of drug-likeness (QED) is 0.135. The van der Waals surface area contributed by atoms with Gasteiger partial charge in [0, 0.05) is 109 Å². The van der Waals surface area contributed by atoms with E-state index in [1.807, 2.05) is 6.07 Å². The van der Waals surface area contributed by atoms with Crippen molar-refractivity contribution in [2.75, 3.05) is 0 Å². The maximum Gasteiger partial charge on any atom is 0.236 e. The molecule has 25 rings (SSSR count). The van der Waals surface area contributed by atoms with Crippen molar-refractivity contribution in [2.24, 2.45) is 0 Å². The van der Waals surface area contributed by atoms with Gasteiger partial charge in [-0.3, -0.25) is 4.57 Å². The Morgan fingerprint density at radius 3 is 1.27 bits per heavy atom. The largest absolute Gasteiger partial charge is 0.454 e. The topological polar surface area (TPSA) is 97.6 Å². The fraction of sp³-hybridized carbons (Fsp3) is 0. The minimum atomic E-state index is 0.536. The second kappa shape index (κ2) is 24.9. The first-order chi connectivity index (χ1) is 57.5. The van der Waals surface area contributed by atoms with Gasteiger partial charge in [-0.15, -0.1) is 0 Å². The highest BCUT2D eigenvalue weighted by atomic mass is 16.3. The molecule has 8 aromatic heterocycles. The van der Waals surface area contributed by atoms with Gasteiger partial charge >= 0.3 is 0 Å². The second-order valence-corrected chi connectivity index (χ2v) is 30.3. The Balaban J connectivity index is 0.694. The van der Waals surface area contributed by atoms with Crippen molar-refractivity contribution in [1.29, 1.82) is 0 Å². The molecule has 538 valence electrons. The highest BCUT2D eigenvalue weighted by Gasteiger charge is 2.30. The van der Waals surface area contributed by atoms with Gasteiger partial charge in [0.2, 0.25) is 5.95 Å². The van der Waals surface area contributed by atoms with E-state index in [1.54, 1.807) is 0 Å². The summed E-state index contributed by atoms with van der Waals surface area (Å²) in [7, 11) is 0. The molecule has 0 radical (unpaired) electrons. The molecule has 0 unspecified atom stereocenters. The van der Waals surface area contributed by atoms with Gasteiger partial charge in [0.05, 0.1) is 61.0 Å². The molecule has 0 amide bonds. The fourth-order valence-electron chi connectivity index (χ4n) is 18.8. The van der Waals surface area contributed by atoms with Crippen LogP contribution in [0.1, 0.15) is 0 Å². The number of para-hydroxylation sites is 4. The van der Waals surface area contributed by atoms with Crippen molar-refractivity contribution in [3.63, 3.8) is 0 Å². The second-order valence-electron chi connectivity index (χ2n) is 30.3. The zero-order valence-corrected chi connectivity index (χ0v) is 62.2. The Bertz CT molecular complexity index is 8440. The summed E-state index contributed by atoms with van der Waals surface area (Å²) in [6, 6.07) is 135. The molecule has 116 heavy (non-hydrogen) atoms. The molecule has 0 saturated heterocycles. The van der Waals surface area contributed by atoms with Crippen LogP contribution < -0.4 is 0 Å². The zero-order chi connectivity index (χ0) is 75.8. The van der Waals surface area contributed by atoms with Gasteiger partial charge in [-0.1, -0.05) is 273 Å². The van der Waals surface area contributed by atoms with Gasteiger partial charge in [0.1, 0.15) is 16.7 Å². The number of nitrogens with zero attached hydrogens (tertiary/aromatic N) is 8. The standard InChI is InChI=1S/C106H62N8O2/c1-5-24-63(25-6-1)68-32-21-34-72(60-68)112-91-43-23-40-74(94(91)86-58-55-80-82-54-57-84-77-38-16-20-45-93(77)116-104(84)102(82)114(99(80)100(86)112)106-108-88-41-17-13-39-85(88)95(110-106)65-28-9-3-10-29-65)70-48-59-89-87(62-70)96(66-30-11-4-12-31-66)109-105(107-89)67-46-49-71(50-47-67)111-90-42-18-14-36-75(90)78-51-52-79-81-53-56-83-76-37-15-19-44-92(76)115-103(83)101(81)113(98(79)97(78)111)73-35-22-33-69(61-73)64-26-7-2-8-27-64/h1-62H. The zero-order valence-electron chi connectivity index (χ0n) is 62.2. The molecule has 10 heteroatoms. The van der Waals surface area contributed by atoms with Crippen LogP contribution >= 0.6 is 0 Å². The molecule has 17 aromatic carbocycles. The molecule has 0 aliphatic rings. The average molecular weight is 1480 g/mol. The van der Waals surface area contributed by atoms with Gasteiger partial charge in [0.15, 0.2) is 17.0 Å². The van der Waals surface area contributed by atoms with E-state index in [2.05, 4.69) is 388 Å². The SMILES string of the molecule is c1ccc(-c2cccc(-n3c4cccc(-c5ccc6nc(-c7ccc(-n8c9ccccc9c9ccc%10c%11ccc%12c%13ccccc%13oc%12c%11n(-c%11cccc(-c%12ccccc%12)c%11)c%10c98)cc7)nc(-c7ccccc7)c6c5)c4c4ccc5c6ccc7c8ccccc8oc7c6n(-c6nc(-c7ccccc7)c7ccccc7n6)c5c43)c2)cc1. The van der Waals surface area contributed by atoms with E-state index in [-0.39, 0.29) is 0 Å². The van der Waals surface area contributed by atoms with Crippen LogP contribution in [-0.2, 0) is 0 Å². The van der Waals surface area contributed by atoms with Crippen molar-refractivity contribution in [3.8, 4) is 90.3 Å². The van der Waals surface area contributed by atoms with Crippen LogP contribution in [0.4, 0.5) is 0 Å².